The van der Waals surface area contributed by atoms with E-state index < -0.39 is 12.0 Å². The Hall–Kier alpha value is -1.43. The van der Waals surface area contributed by atoms with Gasteiger partial charge in [-0.05, 0) is 13.8 Å². The van der Waals surface area contributed by atoms with Gasteiger partial charge in [-0.2, -0.15) is 0 Å². The molecule has 1 heterocycles. The van der Waals surface area contributed by atoms with Crippen molar-refractivity contribution < 1.29 is 9.90 Å². The van der Waals surface area contributed by atoms with Crippen LogP contribution in [-0.2, 0) is 11.3 Å². The lowest BCUT2D eigenvalue weighted by Gasteiger charge is -2.06. The number of carboxylic acids is 1. The molecule has 3 N–H and O–H groups in total. The zero-order valence-electron chi connectivity index (χ0n) is 8.27. The van der Waals surface area contributed by atoms with Crippen LogP contribution in [0.1, 0.15) is 30.8 Å². The number of nitrogens with zero attached hydrogens (tertiary/aromatic N) is 3. The maximum absolute atomic E-state index is 10.4. The molecule has 1 aromatic rings. The molecule has 0 fully saturated rings. The molecule has 1 atom stereocenters. The lowest BCUT2D eigenvalue weighted by molar-refractivity contribution is -0.137. The van der Waals surface area contributed by atoms with E-state index in [-0.39, 0.29) is 6.42 Å². The minimum atomic E-state index is -0.928. The zero-order chi connectivity index (χ0) is 10.7. The average molecular weight is 198 g/mol. The van der Waals surface area contributed by atoms with E-state index in [9.17, 15) is 4.79 Å². The second-order valence-corrected chi connectivity index (χ2v) is 3.08. The standard InChI is InChI=1S/C8H14N4O2/c1-3-12-5(2)8(10-11-12)6(9)4-7(13)14/h6H,3-4,9H2,1-2H3,(H,13,14). The molecule has 1 aromatic heterocycles. The highest BCUT2D eigenvalue weighted by Gasteiger charge is 2.17. The molecule has 0 aliphatic carbocycles. The number of nitrogens with two attached hydrogens (primary N) is 1. The van der Waals surface area contributed by atoms with Gasteiger partial charge in [0, 0.05) is 6.54 Å². The second-order valence-electron chi connectivity index (χ2n) is 3.08. The smallest absolute Gasteiger partial charge is 0.305 e. The number of aliphatic carboxylic acids is 1. The lowest BCUT2D eigenvalue weighted by atomic mass is 10.1. The summed E-state index contributed by atoms with van der Waals surface area (Å²) < 4.78 is 1.69. The number of rotatable bonds is 4. The Kier molecular flexibility index (Phi) is 3.19. The van der Waals surface area contributed by atoms with Crippen molar-refractivity contribution >= 4 is 5.97 Å². The number of aryl methyl sites for hydroxylation is 1. The van der Waals surface area contributed by atoms with Gasteiger partial charge in [-0.15, -0.1) is 5.10 Å². The molecular weight excluding hydrogens is 184 g/mol. The molecule has 0 aliphatic heterocycles. The molecular formula is C8H14N4O2. The van der Waals surface area contributed by atoms with Gasteiger partial charge < -0.3 is 10.8 Å². The molecule has 0 saturated heterocycles. The monoisotopic (exact) mass is 198 g/mol. The molecule has 78 valence electrons. The van der Waals surface area contributed by atoms with Crippen molar-refractivity contribution in [3.8, 4) is 0 Å². The summed E-state index contributed by atoms with van der Waals surface area (Å²) in [4.78, 5) is 10.4. The fourth-order valence-corrected chi connectivity index (χ4v) is 1.30. The first-order valence-electron chi connectivity index (χ1n) is 4.43. The molecule has 0 aliphatic rings. The third-order valence-electron chi connectivity index (χ3n) is 2.06. The van der Waals surface area contributed by atoms with Crippen LogP contribution in [-0.4, -0.2) is 26.1 Å². The Morgan fingerprint density at radius 2 is 2.36 bits per heavy atom. The van der Waals surface area contributed by atoms with E-state index in [1.807, 2.05) is 13.8 Å². The van der Waals surface area contributed by atoms with Crippen LogP contribution in [0.2, 0.25) is 0 Å². The minimum absolute atomic E-state index is 0.122. The van der Waals surface area contributed by atoms with Gasteiger partial charge in [-0.1, -0.05) is 5.21 Å². The highest BCUT2D eigenvalue weighted by atomic mass is 16.4. The number of hydrogen-bond acceptors (Lipinski definition) is 4. The lowest BCUT2D eigenvalue weighted by Crippen LogP contribution is -2.16. The summed E-state index contributed by atoms with van der Waals surface area (Å²) in [5.41, 5.74) is 7.07. The summed E-state index contributed by atoms with van der Waals surface area (Å²) in [6.07, 6.45) is -0.122. The van der Waals surface area contributed by atoms with Crippen molar-refractivity contribution in [3.05, 3.63) is 11.4 Å². The van der Waals surface area contributed by atoms with Crippen molar-refractivity contribution in [1.82, 2.24) is 15.0 Å². The minimum Gasteiger partial charge on any atom is -0.481 e. The van der Waals surface area contributed by atoms with Gasteiger partial charge in [-0.3, -0.25) is 4.79 Å². The first-order valence-corrected chi connectivity index (χ1v) is 4.43. The topological polar surface area (TPSA) is 94.0 Å². The molecule has 1 unspecified atom stereocenters. The maximum Gasteiger partial charge on any atom is 0.305 e. The quantitative estimate of drug-likeness (QED) is 0.714. The molecule has 0 aromatic carbocycles. The van der Waals surface area contributed by atoms with Crippen LogP contribution in [0, 0.1) is 6.92 Å². The van der Waals surface area contributed by atoms with E-state index in [1.54, 1.807) is 4.68 Å². The molecule has 0 spiro atoms. The van der Waals surface area contributed by atoms with Crippen molar-refractivity contribution in [1.29, 1.82) is 0 Å². The molecule has 0 radical (unpaired) electrons. The Bertz CT molecular complexity index is 334. The van der Waals surface area contributed by atoms with E-state index in [0.717, 1.165) is 5.69 Å². The first-order chi connectivity index (χ1) is 6.56. The molecule has 6 heteroatoms. The van der Waals surface area contributed by atoms with E-state index in [4.69, 9.17) is 10.8 Å². The van der Waals surface area contributed by atoms with Crippen molar-refractivity contribution in [3.63, 3.8) is 0 Å². The van der Waals surface area contributed by atoms with Crippen molar-refractivity contribution in [2.45, 2.75) is 32.9 Å². The van der Waals surface area contributed by atoms with Crippen LogP contribution in [0.3, 0.4) is 0 Å². The predicted molar refractivity (Wildman–Crippen MR) is 49.6 cm³/mol. The molecule has 1 rings (SSSR count). The van der Waals surface area contributed by atoms with Gasteiger partial charge in [-0.25, -0.2) is 4.68 Å². The van der Waals surface area contributed by atoms with Crippen LogP contribution in [0.4, 0.5) is 0 Å². The average Bonchev–Trinajstić information content (AvgIpc) is 2.45. The van der Waals surface area contributed by atoms with E-state index in [1.165, 1.54) is 0 Å². The van der Waals surface area contributed by atoms with Crippen molar-refractivity contribution in [2.24, 2.45) is 5.73 Å². The van der Waals surface area contributed by atoms with Crippen LogP contribution in [0.25, 0.3) is 0 Å². The van der Waals surface area contributed by atoms with Gasteiger partial charge in [0.2, 0.25) is 0 Å². The van der Waals surface area contributed by atoms with Crippen LogP contribution in [0.5, 0.6) is 0 Å². The summed E-state index contributed by atoms with van der Waals surface area (Å²) in [6, 6.07) is -0.576. The van der Waals surface area contributed by atoms with Gasteiger partial charge >= 0.3 is 5.97 Å². The Morgan fingerprint density at radius 1 is 1.71 bits per heavy atom. The van der Waals surface area contributed by atoms with Gasteiger partial charge in [0.25, 0.3) is 0 Å². The molecule has 6 nitrogen and oxygen atoms in total. The first kappa shape index (κ1) is 10.6. The summed E-state index contributed by atoms with van der Waals surface area (Å²) >= 11 is 0. The summed E-state index contributed by atoms with van der Waals surface area (Å²) in [5.74, 6) is -0.928. The van der Waals surface area contributed by atoms with Crippen LogP contribution in [0.15, 0.2) is 0 Å². The number of carbonyl (C=O) groups is 1. The molecule has 0 amide bonds. The largest absolute Gasteiger partial charge is 0.481 e. The normalized spacial score (nSPS) is 12.8. The third-order valence-corrected chi connectivity index (χ3v) is 2.06. The molecule has 0 bridgehead atoms. The summed E-state index contributed by atoms with van der Waals surface area (Å²) in [5, 5.41) is 16.3. The van der Waals surface area contributed by atoms with Crippen LogP contribution < -0.4 is 5.73 Å². The van der Waals surface area contributed by atoms with Gasteiger partial charge in [0.1, 0.15) is 5.69 Å². The van der Waals surface area contributed by atoms with E-state index in [2.05, 4.69) is 10.3 Å². The van der Waals surface area contributed by atoms with Gasteiger partial charge in [0.05, 0.1) is 18.2 Å². The third kappa shape index (κ3) is 2.08. The fourth-order valence-electron chi connectivity index (χ4n) is 1.30. The number of aromatic nitrogens is 3. The summed E-state index contributed by atoms with van der Waals surface area (Å²) in [6.45, 7) is 4.48. The maximum atomic E-state index is 10.4. The van der Waals surface area contributed by atoms with Crippen LogP contribution >= 0.6 is 0 Å². The predicted octanol–water partition coefficient (Wildman–Crippen LogP) is 0.0809. The number of hydrogen-bond donors (Lipinski definition) is 2. The van der Waals surface area contributed by atoms with Crippen molar-refractivity contribution in [2.75, 3.05) is 0 Å². The fraction of sp³-hybridized carbons (Fsp3) is 0.625. The number of carboxylic acid groups (broad SMARTS) is 1. The Labute approximate surface area is 81.7 Å². The Balaban J connectivity index is 2.84. The van der Waals surface area contributed by atoms with E-state index >= 15 is 0 Å². The summed E-state index contributed by atoms with van der Waals surface area (Å²) in [7, 11) is 0. The molecule has 14 heavy (non-hydrogen) atoms. The zero-order valence-corrected chi connectivity index (χ0v) is 8.27. The Morgan fingerprint density at radius 3 is 2.79 bits per heavy atom. The highest BCUT2D eigenvalue weighted by Crippen LogP contribution is 2.14. The second kappa shape index (κ2) is 4.19. The van der Waals surface area contributed by atoms with Gasteiger partial charge in [0.15, 0.2) is 0 Å². The highest BCUT2D eigenvalue weighted by molar-refractivity contribution is 5.67. The van der Waals surface area contributed by atoms with E-state index in [0.29, 0.717) is 12.2 Å². The molecule has 0 saturated carbocycles. The SMILES string of the molecule is CCn1nnc(C(N)CC(=O)O)c1C.